The molecule has 1 saturated carbocycles. The Hall–Kier alpha value is -0.440. The second kappa shape index (κ2) is 5.25. The van der Waals surface area contributed by atoms with Crippen LogP contribution in [0.15, 0.2) is 0 Å². The first-order valence-corrected chi connectivity index (χ1v) is 4.85. The number of alkyl halides is 1. The Balaban J connectivity index is 2.15. The number of carbonyl (C=O) groups is 1. The van der Waals surface area contributed by atoms with Crippen LogP contribution in [0, 0.1) is 0 Å². The third-order valence-corrected chi connectivity index (χ3v) is 2.22. The summed E-state index contributed by atoms with van der Waals surface area (Å²) in [6.45, 7) is 0. The first-order chi connectivity index (χ1) is 5.83. The predicted molar refractivity (Wildman–Crippen MR) is 47.2 cm³/mol. The molecule has 0 saturated heterocycles. The molecule has 0 aromatic heterocycles. The van der Waals surface area contributed by atoms with Gasteiger partial charge in [-0.3, -0.25) is 0 Å². The van der Waals surface area contributed by atoms with E-state index in [4.69, 9.17) is 11.6 Å². The van der Waals surface area contributed by atoms with Crippen molar-refractivity contribution in [2.75, 3.05) is 6.07 Å². The summed E-state index contributed by atoms with van der Waals surface area (Å²) in [4.78, 5) is 10.9. The number of nitrogens with one attached hydrogen (secondary N) is 1. The third kappa shape index (κ3) is 3.30. The van der Waals surface area contributed by atoms with Gasteiger partial charge in [-0.05, 0) is 12.8 Å². The molecule has 0 radical (unpaired) electrons. The Morgan fingerprint density at radius 1 is 1.42 bits per heavy atom. The molecule has 0 aliphatic heterocycles. The van der Waals surface area contributed by atoms with Gasteiger partial charge in [0.05, 0.1) is 0 Å². The lowest BCUT2D eigenvalue weighted by Gasteiger charge is -2.21. The molecule has 0 atom stereocenters. The predicted octanol–water partition coefficient (Wildman–Crippen LogP) is 2.24. The van der Waals surface area contributed by atoms with Crippen LogP contribution in [0.5, 0.6) is 0 Å². The highest BCUT2D eigenvalue weighted by molar-refractivity contribution is 6.17. The number of carbonyl (C=O) groups excluding carboxylic acids is 1. The summed E-state index contributed by atoms with van der Waals surface area (Å²) in [5, 5.41) is 2.77. The minimum Gasteiger partial charge on any atom is -0.433 e. The van der Waals surface area contributed by atoms with Gasteiger partial charge in [0.2, 0.25) is 0 Å². The summed E-state index contributed by atoms with van der Waals surface area (Å²) in [6.07, 6.45) is 5.42. The number of hydrogen-bond acceptors (Lipinski definition) is 2. The van der Waals surface area contributed by atoms with Crippen LogP contribution >= 0.6 is 11.6 Å². The topological polar surface area (TPSA) is 38.3 Å². The largest absolute Gasteiger partial charge is 0.433 e. The van der Waals surface area contributed by atoms with Crippen LogP contribution in [-0.2, 0) is 4.74 Å². The zero-order chi connectivity index (χ0) is 8.81. The fraction of sp³-hybridized carbons (Fsp3) is 0.875. The van der Waals surface area contributed by atoms with E-state index in [-0.39, 0.29) is 6.07 Å². The normalized spacial score (nSPS) is 18.8. The number of hydrogen-bond donors (Lipinski definition) is 1. The standard InChI is InChI=1S/C8H14ClNO2/c9-6-12-8(11)10-7-4-2-1-3-5-7/h7H,1-6H2,(H,10,11). The van der Waals surface area contributed by atoms with Crippen molar-refractivity contribution in [3.8, 4) is 0 Å². The van der Waals surface area contributed by atoms with Crippen LogP contribution in [-0.4, -0.2) is 18.2 Å². The van der Waals surface area contributed by atoms with Gasteiger partial charge in [0.15, 0.2) is 6.07 Å². The zero-order valence-electron chi connectivity index (χ0n) is 7.01. The van der Waals surface area contributed by atoms with Gasteiger partial charge < -0.3 is 10.1 Å². The van der Waals surface area contributed by atoms with Crippen molar-refractivity contribution in [3.05, 3.63) is 0 Å². The molecule has 0 heterocycles. The molecule has 12 heavy (non-hydrogen) atoms. The average Bonchev–Trinajstić information content (AvgIpc) is 2.06. The fourth-order valence-electron chi connectivity index (χ4n) is 1.50. The maximum absolute atomic E-state index is 10.9. The highest BCUT2D eigenvalue weighted by Gasteiger charge is 2.15. The Morgan fingerprint density at radius 3 is 2.67 bits per heavy atom. The minimum absolute atomic E-state index is 0.0709. The minimum atomic E-state index is -0.392. The highest BCUT2D eigenvalue weighted by Crippen LogP contribution is 2.17. The van der Waals surface area contributed by atoms with Crippen molar-refractivity contribution < 1.29 is 9.53 Å². The number of rotatable bonds is 2. The summed E-state index contributed by atoms with van der Waals surface area (Å²) < 4.78 is 4.56. The molecule has 1 aliphatic carbocycles. The lowest BCUT2D eigenvalue weighted by molar-refractivity contribution is 0.157. The van der Waals surface area contributed by atoms with Gasteiger partial charge in [0.25, 0.3) is 0 Å². The van der Waals surface area contributed by atoms with Crippen molar-refractivity contribution in [2.45, 2.75) is 38.1 Å². The Kier molecular flexibility index (Phi) is 4.22. The molecule has 1 amide bonds. The Morgan fingerprint density at radius 2 is 2.08 bits per heavy atom. The van der Waals surface area contributed by atoms with Crippen LogP contribution < -0.4 is 5.32 Å². The Labute approximate surface area is 77.4 Å². The molecule has 1 aliphatic rings. The van der Waals surface area contributed by atoms with Crippen molar-refractivity contribution in [1.29, 1.82) is 0 Å². The molecule has 1 fully saturated rings. The molecule has 0 aromatic rings. The molecule has 0 aromatic carbocycles. The van der Waals surface area contributed by atoms with E-state index in [0.717, 1.165) is 12.8 Å². The summed E-state index contributed by atoms with van der Waals surface area (Å²) >= 11 is 5.23. The van der Waals surface area contributed by atoms with E-state index in [2.05, 4.69) is 10.1 Å². The van der Waals surface area contributed by atoms with E-state index in [0.29, 0.717) is 6.04 Å². The maximum atomic E-state index is 10.9. The number of amides is 1. The van der Waals surface area contributed by atoms with E-state index in [1.54, 1.807) is 0 Å². The van der Waals surface area contributed by atoms with E-state index >= 15 is 0 Å². The van der Waals surface area contributed by atoms with E-state index in [1.807, 2.05) is 0 Å². The van der Waals surface area contributed by atoms with E-state index in [1.165, 1.54) is 19.3 Å². The molecule has 0 unspecified atom stereocenters. The van der Waals surface area contributed by atoms with Crippen LogP contribution in [0.25, 0.3) is 0 Å². The molecule has 0 spiro atoms. The second-order valence-electron chi connectivity index (χ2n) is 3.02. The van der Waals surface area contributed by atoms with Crippen molar-refractivity contribution in [1.82, 2.24) is 5.32 Å². The lowest BCUT2D eigenvalue weighted by atomic mass is 9.96. The van der Waals surface area contributed by atoms with Crippen molar-refractivity contribution in [3.63, 3.8) is 0 Å². The first kappa shape index (κ1) is 9.65. The number of halogens is 1. The molecule has 4 heteroatoms. The van der Waals surface area contributed by atoms with Gasteiger partial charge in [-0.2, -0.15) is 0 Å². The van der Waals surface area contributed by atoms with Gasteiger partial charge >= 0.3 is 6.09 Å². The van der Waals surface area contributed by atoms with Gasteiger partial charge in [0.1, 0.15) is 0 Å². The number of ether oxygens (including phenoxy) is 1. The summed E-state index contributed by atoms with van der Waals surface area (Å²) in [7, 11) is 0. The molecular weight excluding hydrogens is 178 g/mol. The molecule has 70 valence electrons. The van der Waals surface area contributed by atoms with E-state index in [9.17, 15) is 4.79 Å². The number of alkyl carbamates (subject to hydrolysis) is 1. The fourth-order valence-corrected chi connectivity index (χ4v) is 1.60. The second-order valence-corrected chi connectivity index (χ2v) is 3.24. The van der Waals surface area contributed by atoms with Crippen molar-refractivity contribution in [2.24, 2.45) is 0 Å². The molecule has 0 bridgehead atoms. The molecular formula is C8H14ClNO2. The summed E-state index contributed by atoms with van der Waals surface area (Å²) in [6, 6.07) is 0.230. The quantitative estimate of drug-likeness (QED) is 0.680. The zero-order valence-corrected chi connectivity index (χ0v) is 7.77. The van der Waals surface area contributed by atoms with Crippen LogP contribution in [0.1, 0.15) is 32.1 Å². The molecule has 3 nitrogen and oxygen atoms in total. The van der Waals surface area contributed by atoms with Gasteiger partial charge in [0, 0.05) is 6.04 Å². The van der Waals surface area contributed by atoms with Crippen molar-refractivity contribution >= 4 is 17.7 Å². The van der Waals surface area contributed by atoms with E-state index < -0.39 is 6.09 Å². The third-order valence-electron chi connectivity index (χ3n) is 2.11. The lowest BCUT2D eigenvalue weighted by Crippen LogP contribution is -2.36. The maximum Gasteiger partial charge on any atom is 0.408 e. The van der Waals surface area contributed by atoms with Gasteiger partial charge in [-0.15, -0.1) is 0 Å². The monoisotopic (exact) mass is 191 g/mol. The molecule has 1 rings (SSSR count). The van der Waals surface area contributed by atoms with Crippen LogP contribution in [0.3, 0.4) is 0 Å². The van der Waals surface area contributed by atoms with Crippen LogP contribution in [0.2, 0.25) is 0 Å². The Bertz CT molecular complexity index is 146. The van der Waals surface area contributed by atoms with Gasteiger partial charge in [-0.1, -0.05) is 30.9 Å². The first-order valence-electron chi connectivity index (χ1n) is 4.32. The average molecular weight is 192 g/mol. The van der Waals surface area contributed by atoms with Gasteiger partial charge in [-0.25, -0.2) is 4.79 Å². The smallest absolute Gasteiger partial charge is 0.408 e. The molecule has 1 N–H and O–H groups in total. The summed E-state index contributed by atoms with van der Waals surface area (Å²) in [5.74, 6) is 0. The SMILES string of the molecule is O=C(NC1CCCCC1)OCCl. The van der Waals surface area contributed by atoms with Crippen LogP contribution in [0.4, 0.5) is 4.79 Å². The summed E-state index contributed by atoms with van der Waals surface area (Å²) in [5.41, 5.74) is 0. The highest BCUT2D eigenvalue weighted by atomic mass is 35.5.